The molecule has 7 nitrogen and oxygen atoms in total. The van der Waals surface area contributed by atoms with Crippen LogP contribution in [0.3, 0.4) is 0 Å². The van der Waals surface area contributed by atoms with Crippen LogP contribution >= 0.6 is 11.6 Å². The normalized spacial score (nSPS) is 11.6. The van der Waals surface area contributed by atoms with Gasteiger partial charge in [0.2, 0.25) is 0 Å². The average Bonchev–Trinajstić information content (AvgIpc) is 2.78. The molecule has 3 aromatic rings. The predicted octanol–water partition coefficient (Wildman–Crippen LogP) is 4.77. The van der Waals surface area contributed by atoms with Crippen LogP contribution in [0.2, 0.25) is 0 Å². The maximum Gasteiger partial charge on any atom is 0.487 e. The molecule has 0 saturated carbocycles. The fourth-order valence-corrected chi connectivity index (χ4v) is 2.93. The molecule has 32 heavy (non-hydrogen) atoms. The minimum Gasteiger partial charge on any atom is -0.420 e. The summed E-state index contributed by atoms with van der Waals surface area (Å²) in [5, 5.41) is 13.2. The quantitative estimate of drug-likeness (QED) is 0.334. The molecule has 0 radical (unpaired) electrons. The number of anilines is 1. The molecule has 0 bridgehead atoms. The van der Waals surface area contributed by atoms with Gasteiger partial charge in [-0.2, -0.15) is 0 Å². The average molecular weight is 458 g/mol. The number of hydrogen-bond donors (Lipinski definition) is 3. The summed E-state index contributed by atoms with van der Waals surface area (Å²) in [5.41, 5.74) is -0.845. The third-order valence-corrected chi connectivity index (χ3v) is 4.27. The summed E-state index contributed by atoms with van der Waals surface area (Å²) in [7, 11) is 1.71. The number of carbonyl (C=O) groups excluding carboxylic acids is 1. The van der Waals surface area contributed by atoms with E-state index < -0.39 is 11.5 Å². The smallest absolute Gasteiger partial charge is 0.420 e. The van der Waals surface area contributed by atoms with Crippen molar-refractivity contribution >= 4 is 35.0 Å². The van der Waals surface area contributed by atoms with Gasteiger partial charge < -0.3 is 20.8 Å². The summed E-state index contributed by atoms with van der Waals surface area (Å²) >= 11 is 4.74. The molecule has 3 N–H and O–H groups in total. The van der Waals surface area contributed by atoms with E-state index in [-0.39, 0.29) is 11.3 Å². The molecule has 0 aliphatic rings. The van der Waals surface area contributed by atoms with E-state index >= 15 is 0 Å². The molecule has 3 rings (SSSR count). The van der Waals surface area contributed by atoms with Crippen LogP contribution in [0.25, 0.3) is 16.7 Å². The third kappa shape index (κ3) is 5.86. The number of alkyl halides is 3. The Hall–Kier alpha value is -3.85. The van der Waals surface area contributed by atoms with Crippen LogP contribution in [0, 0.1) is 5.41 Å². The van der Waals surface area contributed by atoms with E-state index in [2.05, 4.69) is 25.3 Å². The fraction of sp³-hybridized carbons (Fsp3) is 0.0909. The van der Waals surface area contributed by atoms with Crippen molar-refractivity contribution in [3.05, 3.63) is 78.5 Å². The molecule has 0 saturated heterocycles. The number of rotatable bonds is 8. The lowest BCUT2D eigenvalue weighted by atomic mass is 9.99. The number of amides is 1. The first-order valence-electron chi connectivity index (χ1n) is 9.26. The van der Waals surface area contributed by atoms with Crippen LogP contribution in [0.5, 0.6) is 5.75 Å². The van der Waals surface area contributed by atoms with Crippen molar-refractivity contribution in [2.75, 3.05) is 12.4 Å². The minimum absolute atomic E-state index is 0.150. The Balaban J connectivity index is 1.90. The van der Waals surface area contributed by atoms with E-state index in [1.807, 2.05) is 6.07 Å². The molecule has 0 fully saturated rings. The molecule has 0 aliphatic carbocycles. The predicted molar refractivity (Wildman–Crippen MR) is 119 cm³/mol. The molecule has 1 amide bonds. The highest BCUT2D eigenvalue weighted by Gasteiger charge is 2.27. The summed E-state index contributed by atoms with van der Waals surface area (Å²) in [6, 6.07) is 10.5. The van der Waals surface area contributed by atoms with E-state index in [9.17, 15) is 13.6 Å². The summed E-state index contributed by atoms with van der Waals surface area (Å²) in [6.07, 6.45) is 7.44. The van der Waals surface area contributed by atoms with Gasteiger partial charge in [-0.1, -0.05) is 6.07 Å². The Morgan fingerprint density at radius 1 is 1.22 bits per heavy atom. The van der Waals surface area contributed by atoms with Gasteiger partial charge in [0.25, 0.3) is 5.91 Å². The highest BCUT2D eigenvalue weighted by molar-refractivity contribution is 6.20. The van der Waals surface area contributed by atoms with Crippen molar-refractivity contribution in [1.82, 2.24) is 15.3 Å². The van der Waals surface area contributed by atoms with E-state index in [1.165, 1.54) is 30.5 Å². The lowest BCUT2D eigenvalue weighted by molar-refractivity contribution is -0.0964. The maximum atomic E-state index is 12.8. The van der Waals surface area contributed by atoms with Crippen LogP contribution in [0.15, 0.2) is 67.3 Å². The standard InChI is InChI=1S/C22H18ClF2N5O2/c1-27-11-16(10-26)20-19(14-3-2-8-28-12-14)9-15(13-29-20)21(31)30-17-4-6-18(7-5-17)32-22(23,24)25/h2-13,26-27H,1H3,(H,30,31)/b16-11+,26-10?. The van der Waals surface area contributed by atoms with Crippen molar-refractivity contribution in [3.8, 4) is 16.9 Å². The lowest BCUT2D eigenvalue weighted by Gasteiger charge is -2.13. The Bertz CT molecular complexity index is 1130. The van der Waals surface area contributed by atoms with Crippen LogP contribution in [-0.2, 0) is 0 Å². The van der Waals surface area contributed by atoms with Gasteiger partial charge in [-0.15, -0.1) is 8.78 Å². The number of halogens is 3. The van der Waals surface area contributed by atoms with Crippen LogP contribution in [0.4, 0.5) is 14.5 Å². The molecular formula is C22H18ClF2N5O2. The number of allylic oxidation sites excluding steroid dienone is 1. The zero-order valence-corrected chi connectivity index (χ0v) is 17.5. The van der Waals surface area contributed by atoms with Crippen LogP contribution in [0.1, 0.15) is 16.1 Å². The number of nitrogens with zero attached hydrogens (tertiary/aromatic N) is 2. The Kier molecular flexibility index (Phi) is 7.11. The lowest BCUT2D eigenvalue weighted by Crippen LogP contribution is -2.16. The molecular weight excluding hydrogens is 440 g/mol. The molecule has 164 valence electrons. The van der Waals surface area contributed by atoms with Crippen molar-refractivity contribution in [1.29, 1.82) is 5.41 Å². The van der Waals surface area contributed by atoms with Gasteiger partial charge >= 0.3 is 5.57 Å². The number of nitrogens with one attached hydrogen (secondary N) is 3. The zero-order chi connectivity index (χ0) is 23.1. The van der Waals surface area contributed by atoms with Crippen molar-refractivity contribution in [2.24, 2.45) is 0 Å². The number of pyridine rings is 2. The summed E-state index contributed by atoms with van der Waals surface area (Å²) < 4.78 is 29.7. The fourth-order valence-electron chi connectivity index (χ4n) is 2.84. The second-order valence-corrected chi connectivity index (χ2v) is 6.86. The van der Waals surface area contributed by atoms with Crippen molar-refractivity contribution in [3.63, 3.8) is 0 Å². The van der Waals surface area contributed by atoms with Crippen molar-refractivity contribution < 1.29 is 18.3 Å². The van der Waals surface area contributed by atoms with Gasteiger partial charge in [-0.3, -0.25) is 14.8 Å². The summed E-state index contributed by atoms with van der Waals surface area (Å²) in [6.45, 7) is 0. The Morgan fingerprint density at radius 3 is 2.56 bits per heavy atom. The SMILES string of the molecule is CN/C=C(\C=N)c1ncc(C(=O)Nc2ccc(OC(F)(F)Cl)cc2)cc1-c1cccnc1. The minimum atomic E-state index is -3.82. The van der Waals surface area contributed by atoms with Gasteiger partial charge in [0.05, 0.1) is 11.3 Å². The highest BCUT2D eigenvalue weighted by atomic mass is 35.5. The monoisotopic (exact) mass is 457 g/mol. The molecule has 2 aromatic heterocycles. The molecule has 0 spiro atoms. The number of benzene rings is 1. The molecule has 1 aromatic carbocycles. The van der Waals surface area contributed by atoms with Gasteiger partial charge in [0.1, 0.15) is 5.75 Å². The Labute approximate surface area is 187 Å². The number of ether oxygens (including phenoxy) is 1. The third-order valence-electron chi connectivity index (χ3n) is 4.20. The van der Waals surface area contributed by atoms with Gasteiger partial charge in [-0.25, -0.2) is 0 Å². The maximum absolute atomic E-state index is 12.8. The molecule has 2 heterocycles. The summed E-state index contributed by atoms with van der Waals surface area (Å²) in [5.74, 6) is -0.608. The van der Waals surface area contributed by atoms with E-state index in [0.29, 0.717) is 22.5 Å². The summed E-state index contributed by atoms with van der Waals surface area (Å²) in [4.78, 5) is 21.3. The molecule has 0 unspecified atom stereocenters. The van der Waals surface area contributed by atoms with Gasteiger partial charge in [-0.05, 0) is 36.4 Å². The van der Waals surface area contributed by atoms with Crippen LogP contribution < -0.4 is 15.4 Å². The molecule has 10 heteroatoms. The van der Waals surface area contributed by atoms with Crippen LogP contribution in [-0.4, -0.2) is 34.7 Å². The molecule has 0 aliphatic heterocycles. The first-order valence-corrected chi connectivity index (χ1v) is 9.64. The second-order valence-electron chi connectivity index (χ2n) is 6.42. The number of hydrogen-bond acceptors (Lipinski definition) is 6. The number of carbonyl (C=O) groups is 1. The topological polar surface area (TPSA) is 100.0 Å². The van der Waals surface area contributed by atoms with E-state index in [0.717, 1.165) is 11.8 Å². The first-order chi connectivity index (χ1) is 15.3. The van der Waals surface area contributed by atoms with Gasteiger partial charge in [0, 0.05) is 72.0 Å². The number of aromatic nitrogens is 2. The first kappa shape index (κ1) is 22.8. The zero-order valence-electron chi connectivity index (χ0n) is 16.8. The Morgan fingerprint density at radius 2 is 1.97 bits per heavy atom. The van der Waals surface area contributed by atoms with E-state index in [4.69, 9.17) is 17.0 Å². The molecule has 0 atom stereocenters. The van der Waals surface area contributed by atoms with Gasteiger partial charge in [0.15, 0.2) is 0 Å². The van der Waals surface area contributed by atoms with Crippen molar-refractivity contribution in [2.45, 2.75) is 5.57 Å². The van der Waals surface area contributed by atoms with E-state index in [1.54, 1.807) is 37.8 Å². The largest absolute Gasteiger partial charge is 0.487 e. The highest BCUT2D eigenvalue weighted by Crippen LogP contribution is 2.28. The second kappa shape index (κ2) is 9.97.